The van der Waals surface area contributed by atoms with Crippen LogP contribution in [-0.4, -0.2) is 25.3 Å². The Morgan fingerprint density at radius 3 is 2.79 bits per heavy atom. The lowest BCUT2D eigenvalue weighted by Gasteiger charge is -1.98. The molecule has 0 heterocycles. The summed E-state index contributed by atoms with van der Waals surface area (Å²) in [6.07, 6.45) is 6.65. The summed E-state index contributed by atoms with van der Waals surface area (Å²) in [6, 6.07) is 0. The number of hydrogen-bond acceptors (Lipinski definition) is 3. The first-order valence-electron chi connectivity index (χ1n) is 5.45. The first-order chi connectivity index (χ1) is 6.81. The van der Waals surface area contributed by atoms with Crippen LogP contribution in [-0.2, 0) is 9.53 Å². The topological polar surface area (TPSA) is 38.7 Å². The van der Waals surface area contributed by atoms with E-state index in [9.17, 15) is 4.79 Å². The number of esters is 1. The van der Waals surface area contributed by atoms with Crippen molar-refractivity contribution >= 4 is 12.2 Å². The highest BCUT2D eigenvalue weighted by atomic mass is 16.5. The van der Waals surface area contributed by atoms with E-state index in [4.69, 9.17) is 4.74 Å². The number of rotatable bonds is 8. The largest absolute Gasteiger partial charge is 0.465 e. The van der Waals surface area contributed by atoms with E-state index in [0.29, 0.717) is 13.0 Å². The molecule has 0 aromatic rings. The van der Waals surface area contributed by atoms with Gasteiger partial charge in [-0.1, -0.05) is 26.7 Å². The number of unbranched alkanes of at least 4 members (excludes halogenated alkanes) is 2. The molecule has 0 aliphatic rings. The highest BCUT2D eigenvalue weighted by Crippen LogP contribution is 1.93. The molecule has 0 spiro atoms. The fourth-order valence-electron chi connectivity index (χ4n) is 0.963. The zero-order valence-electron chi connectivity index (χ0n) is 9.29. The third-order valence-corrected chi connectivity index (χ3v) is 1.82. The van der Waals surface area contributed by atoms with Gasteiger partial charge in [-0.25, -0.2) is 0 Å². The first-order valence-corrected chi connectivity index (χ1v) is 5.45. The first kappa shape index (κ1) is 13.1. The Bertz CT molecular complexity index is 167. The van der Waals surface area contributed by atoms with Crippen molar-refractivity contribution < 1.29 is 9.53 Å². The fraction of sp³-hybridized carbons (Fsp3) is 0.818. The van der Waals surface area contributed by atoms with Crippen molar-refractivity contribution in [1.29, 1.82) is 0 Å². The molecule has 0 aromatic heterocycles. The molecule has 0 saturated carbocycles. The standard InChI is InChI=1S/C11H21NO2/c1-3-5-6-8-12-9-7-10-14-11(13)4-2/h9H,3-8,10H2,1-2H3. The van der Waals surface area contributed by atoms with E-state index in [2.05, 4.69) is 11.9 Å². The Balaban J connectivity index is 3.14. The zero-order valence-corrected chi connectivity index (χ0v) is 9.29. The van der Waals surface area contributed by atoms with Crippen LogP contribution in [0.25, 0.3) is 0 Å². The molecule has 0 aliphatic carbocycles. The summed E-state index contributed by atoms with van der Waals surface area (Å²) < 4.78 is 4.89. The summed E-state index contributed by atoms with van der Waals surface area (Å²) in [5.74, 6) is -0.135. The van der Waals surface area contributed by atoms with Crippen LogP contribution in [0.2, 0.25) is 0 Å². The summed E-state index contributed by atoms with van der Waals surface area (Å²) >= 11 is 0. The van der Waals surface area contributed by atoms with Gasteiger partial charge < -0.3 is 4.74 Å². The predicted molar refractivity (Wildman–Crippen MR) is 58.8 cm³/mol. The van der Waals surface area contributed by atoms with Gasteiger partial charge in [0.1, 0.15) is 0 Å². The van der Waals surface area contributed by atoms with Gasteiger partial charge >= 0.3 is 5.97 Å². The van der Waals surface area contributed by atoms with E-state index in [1.807, 2.05) is 6.21 Å². The second-order valence-corrected chi connectivity index (χ2v) is 3.16. The summed E-state index contributed by atoms with van der Waals surface area (Å²) in [5.41, 5.74) is 0. The minimum atomic E-state index is -0.135. The lowest BCUT2D eigenvalue weighted by Crippen LogP contribution is -2.04. The molecule has 0 fully saturated rings. The van der Waals surface area contributed by atoms with Crippen molar-refractivity contribution in [1.82, 2.24) is 0 Å². The van der Waals surface area contributed by atoms with Gasteiger partial charge in [-0.2, -0.15) is 0 Å². The third-order valence-electron chi connectivity index (χ3n) is 1.82. The van der Waals surface area contributed by atoms with Crippen molar-refractivity contribution in [2.24, 2.45) is 4.99 Å². The molecule has 3 heteroatoms. The van der Waals surface area contributed by atoms with Crippen LogP contribution in [0.4, 0.5) is 0 Å². The van der Waals surface area contributed by atoms with Crippen LogP contribution in [0.5, 0.6) is 0 Å². The van der Waals surface area contributed by atoms with Crippen LogP contribution >= 0.6 is 0 Å². The summed E-state index contributed by atoms with van der Waals surface area (Å²) in [4.78, 5) is 14.9. The van der Waals surface area contributed by atoms with E-state index < -0.39 is 0 Å². The fourth-order valence-corrected chi connectivity index (χ4v) is 0.963. The molecule has 0 bridgehead atoms. The lowest BCUT2D eigenvalue weighted by molar-refractivity contribution is -0.142. The van der Waals surface area contributed by atoms with Crippen molar-refractivity contribution in [3.8, 4) is 0 Å². The van der Waals surface area contributed by atoms with Gasteiger partial charge in [0, 0.05) is 25.6 Å². The molecule has 0 radical (unpaired) electrons. The second kappa shape index (κ2) is 10.2. The monoisotopic (exact) mass is 199 g/mol. The smallest absolute Gasteiger partial charge is 0.305 e. The molecule has 0 unspecified atom stereocenters. The lowest BCUT2D eigenvalue weighted by atomic mass is 10.2. The average Bonchev–Trinajstić information content (AvgIpc) is 2.21. The number of hydrogen-bond donors (Lipinski definition) is 0. The van der Waals surface area contributed by atoms with E-state index >= 15 is 0 Å². The van der Waals surface area contributed by atoms with Gasteiger partial charge in [-0.15, -0.1) is 0 Å². The number of carbonyl (C=O) groups excluding carboxylic acids is 1. The maximum absolute atomic E-state index is 10.7. The van der Waals surface area contributed by atoms with Crippen LogP contribution in [0.15, 0.2) is 4.99 Å². The minimum Gasteiger partial charge on any atom is -0.465 e. The van der Waals surface area contributed by atoms with E-state index in [0.717, 1.165) is 19.4 Å². The van der Waals surface area contributed by atoms with Gasteiger partial charge in [-0.05, 0) is 6.42 Å². The zero-order chi connectivity index (χ0) is 10.6. The molecule has 0 N–H and O–H groups in total. The van der Waals surface area contributed by atoms with Crippen molar-refractivity contribution in [2.75, 3.05) is 13.2 Å². The molecule has 82 valence electrons. The maximum Gasteiger partial charge on any atom is 0.305 e. The normalized spacial score (nSPS) is 10.7. The number of nitrogens with zero attached hydrogens (tertiary/aromatic N) is 1. The SMILES string of the molecule is CCCCCN=CCCOC(=O)CC. The second-order valence-electron chi connectivity index (χ2n) is 3.16. The Hall–Kier alpha value is -0.860. The highest BCUT2D eigenvalue weighted by Gasteiger charge is 1.94. The predicted octanol–water partition coefficient (Wildman–Crippen LogP) is 2.59. The van der Waals surface area contributed by atoms with Crippen molar-refractivity contribution in [2.45, 2.75) is 46.0 Å². The van der Waals surface area contributed by atoms with Gasteiger partial charge in [-0.3, -0.25) is 9.79 Å². The molecular formula is C11H21NO2. The quantitative estimate of drug-likeness (QED) is 0.342. The molecule has 3 nitrogen and oxygen atoms in total. The molecule has 0 rings (SSSR count). The minimum absolute atomic E-state index is 0.135. The molecule has 0 aliphatic heterocycles. The van der Waals surface area contributed by atoms with Gasteiger partial charge in [0.15, 0.2) is 0 Å². The van der Waals surface area contributed by atoms with E-state index in [-0.39, 0.29) is 5.97 Å². The molecule has 0 saturated heterocycles. The summed E-state index contributed by atoms with van der Waals surface area (Å²) in [6.45, 7) is 5.33. The van der Waals surface area contributed by atoms with Crippen LogP contribution in [0.1, 0.15) is 46.0 Å². The van der Waals surface area contributed by atoms with Crippen molar-refractivity contribution in [3.05, 3.63) is 0 Å². The molecular weight excluding hydrogens is 178 g/mol. The van der Waals surface area contributed by atoms with Gasteiger partial charge in [0.05, 0.1) is 6.61 Å². The molecule has 0 atom stereocenters. The average molecular weight is 199 g/mol. The number of aliphatic imine (C=N–C) groups is 1. The Labute approximate surface area is 86.6 Å². The number of carbonyl (C=O) groups is 1. The van der Waals surface area contributed by atoms with E-state index in [1.165, 1.54) is 12.8 Å². The summed E-state index contributed by atoms with van der Waals surface area (Å²) in [5, 5.41) is 0. The maximum atomic E-state index is 10.7. The Kier molecular flexibility index (Phi) is 9.59. The van der Waals surface area contributed by atoms with Gasteiger partial charge in [0.2, 0.25) is 0 Å². The highest BCUT2D eigenvalue weighted by molar-refractivity contribution is 5.69. The molecule has 0 aromatic carbocycles. The number of ether oxygens (including phenoxy) is 1. The Morgan fingerprint density at radius 2 is 2.14 bits per heavy atom. The van der Waals surface area contributed by atoms with Gasteiger partial charge in [0.25, 0.3) is 0 Å². The van der Waals surface area contributed by atoms with Crippen LogP contribution in [0, 0.1) is 0 Å². The molecule has 14 heavy (non-hydrogen) atoms. The summed E-state index contributed by atoms with van der Waals surface area (Å²) in [7, 11) is 0. The Morgan fingerprint density at radius 1 is 1.36 bits per heavy atom. The van der Waals surface area contributed by atoms with Crippen LogP contribution < -0.4 is 0 Å². The van der Waals surface area contributed by atoms with Crippen LogP contribution in [0.3, 0.4) is 0 Å². The third kappa shape index (κ3) is 9.23. The molecule has 0 amide bonds. The van der Waals surface area contributed by atoms with Crippen molar-refractivity contribution in [3.63, 3.8) is 0 Å². The van der Waals surface area contributed by atoms with E-state index in [1.54, 1.807) is 6.92 Å².